The molecule has 27 heavy (non-hydrogen) atoms. The van der Waals surface area contributed by atoms with E-state index in [0.29, 0.717) is 5.82 Å². The summed E-state index contributed by atoms with van der Waals surface area (Å²) in [7, 11) is 0. The highest BCUT2D eigenvalue weighted by Gasteiger charge is 2.11. The van der Waals surface area contributed by atoms with E-state index in [1.165, 1.54) is 0 Å². The van der Waals surface area contributed by atoms with Crippen molar-refractivity contribution in [3.63, 3.8) is 0 Å². The number of imidazole rings is 1. The molecule has 0 aliphatic rings. The van der Waals surface area contributed by atoms with Crippen LogP contribution in [0.1, 0.15) is 0 Å². The molecule has 5 rings (SSSR count). The highest BCUT2D eigenvalue weighted by Crippen LogP contribution is 2.26. The van der Waals surface area contributed by atoms with Crippen molar-refractivity contribution in [3.8, 4) is 33.6 Å². The molecule has 0 saturated heterocycles. The van der Waals surface area contributed by atoms with Crippen LogP contribution >= 0.6 is 0 Å². The van der Waals surface area contributed by atoms with Crippen molar-refractivity contribution in [1.29, 1.82) is 0 Å². The van der Waals surface area contributed by atoms with Crippen LogP contribution in [-0.2, 0) is 0 Å². The van der Waals surface area contributed by atoms with Gasteiger partial charge in [0.25, 0.3) is 0 Å². The largest absolute Gasteiger partial charge is 0.472 e. The summed E-state index contributed by atoms with van der Waals surface area (Å²) < 4.78 is 6.96. The fourth-order valence-electron chi connectivity index (χ4n) is 2.96. The summed E-state index contributed by atoms with van der Waals surface area (Å²) in [6, 6.07) is 11.5. The molecular formula is C20H14N6O. The summed E-state index contributed by atoms with van der Waals surface area (Å²) >= 11 is 0. The van der Waals surface area contributed by atoms with Crippen LogP contribution in [0.5, 0.6) is 0 Å². The van der Waals surface area contributed by atoms with Crippen LogP contribution in [0.3, 0.4) is 0 Å². The normalized spacial score (nSPS) is 11.1. The van der Waals surface area contributed by atoms with Crippen molar-refractivity contribution in [1.82, 2.24) is 24.6 Å². The number of aromatic nitrogens is 5. The average molecular weight is 354 g/mol. The number of furan rings is 1. The van der Waals surface area contributed by atoms with Crippen molar-refractivity contribution in [3.05, 3.63) is 73.7 Å². The Morgan fingerprint density at radius 2 is 1.78 bits per heavy atom. The SMILES string of the molecule is Nc1ccc(-c2cnn3c(-c4ccnc(-c5ccoc5)c4)cnc3c2)cn1. The lowest BCUT2D eigenvalue weighted by molar-refractivity contribution is 0.568. The number of hydrogen-bond acceptors (Lipinski definition) is 6. The number of anilines is 1. The van der Waals surface area contributed by atoms with Gasteiger partial charge in [0.2, 0.25) is 0 Å². The summed E-state index contributed by atoms with van der Waals surface area (Å²) in [6.07, 6.45) is 10.4. The Kier molecular flexibility index (Phi) is 3.43. The van der Waals surface area contributed by atoms with Crippen molar-refractivity contribution in [2.75, 3.05) is 5.73 Å². The number of rotatable bonds is 3. The summed E-state index contributed by atoms with van der Waals surface area (Å²) in [5.41, 5.74) is 11.9. The predicted octanol–water partition coefficient (Wildman–Crippen LogP) is 3.70. The van der Waals surface area contributed by atoms with Crippen molar-refractivity contribution < 1.29 is 4.42 Å². The van der Waals surface area contributed by atoms with Gasteiger partial charge in [0.1, 0.15) is 5.82 Å². The van der Waals surface area contributed by atoms with Gasteiger partial charge in [0, 0.05) is 34.6 Å². The molecule has 0 spiro atoms. The zero-order valence-corrected chi connectivity index (χ0v) is 14.1. The van der Waals surface area contributed by atoms with Gasteiger partial charge in [-0.15, -0.1) is 0 Å². The molecule has 0 saturated carbocycles. The molecular weight excluding hydrogens is 340 g/mol. The second kappa shape index (κ2) is 6.06. The van der Waals surface area contributed by atoms with Gasteiger partial charge in [-0.3, -0.25) is 4.98 Å². The van der Waals surface area contributed by atoms with Crippen molar-refractivity contribution >= 4 is 11.5 Å². The molecule has 0 bridgehead atoms. The lowest BCUT2D eigenvalue weighted by Gasteiger charge is -2.05. The molecule has 5 aromatic rings. The number of pyridine rings is 2. The highest BCUT2D eigenvalue weighted by atomic mass is 16.3. The van der Waals surface area contributed by atoms with Gasteiger partial charge in [-0.05, 0) is 36.4 Å². The first kappa shape index (κ1) is 15.3. The van der Waals surface area contributed by atoms with Crippen LogP contribution in [-0.4, -0.2) is 24.6 Å². The van der Waals surface area contributed by atoms with E-state index in [9.17, 15) is 0 Å². The van der Waals surface area contributed by atoms with E-state index < -0.39 is 0 Å². The molecule has 0 aliphatic heterocycles. The van der Waals surface area contributed by atoms with E-state index in [2.05, 4.69) is 20.1 Å². The summed E-state index contributed by atoms with van der Waals surface area (Å²) in [5, 5.41) is 4.56. The number of hydrogen-bond donors (Lipinski definition) is 1. The monoisotopic (exact) mass is 354 g/mol. The Morgan fingerprint density at radius 3 is 2.59 bits per heavy atom. The molecule has 7 nitrogen and oxygen atoms in total. The minimum atomic E-state index is 0.488. The molecule has 7 heteroatoms. The third kappa shape index (κ3) is 2.71. The first-order valence-electron chi connectivity index (χ1n) is 8.33. The quantitative estimate of drug-likeness (QED) is 0.531. The molecule has 5 heterocycles. The van der Waals surface area contributed by atoms with E-state index in [4.69, 9.17) is 10.2 Å². The third-order valence-electron chi connectivity index (χ3n) is 4.35. The highest BCUT2D eigenvalue weighted by molar-refractivity contribution is 5.71. The second-order valence-corrected chi connectivity index (χ2v) is 6.07. The second-order valence-electron chi connectivity index (χ2n) is 6.07. The molecule has 0 fully saturated rings. The Morgan fingerprint density at radius 1 is 0.815 bits per heavy atom. The van der Waals surface area contributed by atoms with E-state index in [1.54, 1.807) is 37.2 Å². The third-order valence-corrected chi connectivity index (χ3v) is 4.35. The fraction of sp³-hybridized carbons (Fsp3) is 0. The van der Waals surface area contributed by atoms with Gasteiger partial charge in [-0.25, -0.2) is 14.5 Å². The summed E-state index contributed by atoms with van der Waals surface area (Å²) in [6.45, 7) is 0. The molecule has 0 atom stereocenters. The fourth-order valence-corrected chi connectivity index (χ4v) is 2.96. The van der Waals surface area contributed by atoms with Crippen LogP contribution in [0.2, 0.25) is 0 Å². The van der Waals surface area contributed by atoms with Gasteiger partial charge in [0.05, 0.1) is 36.3 Å². The van der Waals surface area contributed by atoms with E-state index in [0.717, 1.165) is 39.3 Å². The van der Waals surface area contributed by atoms with Crippen molar-refractivity contribution in [2.45, 2.75) is 0 Å². The van der Waals surface area contributed by atoms with Crippen LogP contribution in [0, 0.1) is 0 Å². The van der Waals surface area contributed by atoms with Crippen LogP contribution in [0.15, 0.2) is 78.1 Å². The Labute approximate surface area is 154 Å². The Bertz CT molecular complexity index is 1230. The van der Waals surface area contributed by atoms with Crippen LogP contribution < -0.4 is 5.73 Å². The molecule has 130 valence electrons. The smallest absolute Gasteiger partial charge is 0.154 e. The molecule has 0 unspecified atom stereocenters. The first-order valence-corrected chi connectivity index (χ1v) is 8.33. The number of nitrogens with zero attached hydrogens (tertiary/aromatic N) is 5. The summed E-state index contributed by atoms with van der Waals surface area (Å²) in [5.74, 6) is 0.488. The Balaban J connectivity index is 1.57. The van der Waals surface area contributed by atoms with Gasteiger partial charge in [-0.1, -0.05) is 0 Å². The first-order chi connectivity index (χ1) is 13.3. The van der Waals surface area contributed by atoms with E-state index in [1.807, 2.05) is 41.0 Å². The summed E-state index contributed by atoms with van der Waals surface area (Å²) in [4.78, 5) is 13.0. The maximum absolute atomic E-state index is 5.66. The lowest BCUT2D eigenvalue weighted by Crippen LogP contribution is -1.96. The molecule has 2 N–H and O–H groups in total. The van der Waals surface area contributed by atoms with E-state index in [-0.39, 0.29) is 0 Å². The van der Waals surface area contributed by atoms with Gasteiger partial charge in [0.15, 0.2) is 5.65 Å². The zero-order chi connectivity index (χ0) is 18.2. The number of fused-ring (bicyclic) bond motifs is 1. The minimum absolute atomic E-state index is 0.488. The maximum atomic E-state index is 5.66. The number of nitrogen functional groups attached to an aromatic ring is 1. The zero-order valence-electron chi connectivity index (χ0n) is 14.1. The minimum Gasteiger partial charge on any atom is -0.472 e. The predicted molar refractivity (Wildman–Crippen MR) is 102 cm³/mol. The number of nitrogens with two attached hydrogens (primary N) is 1. The maximum Gasteiger partial charge on any atom is 0.154 e. The van der Waals surface area contributed by atoms with Crippen LogP contribution in [0.25, 0.3) is 39.3 Å². The van der Waals surface area contributed by atoms with Gasteiger partial charge in [-0.2, -0.15) is 5.10 Å². The molecule has 0 aliphatic carbocycles. The van der Waals surface area contributed by atoms with Crippen LogP contribution in [0.4, 0.5) is 5.82 Å². The van der Waals surface area contributed by atoms with Gasteiger partial charge < -0.3 is 10.2 Å². The molecule has 5 aromatic heterocycles. The molecule has 0 aromatic carbocycles. The molecule has 0 radical (unpaired) electrons. The Hall–Kier alpha value is -4.00. The average Bonchev–Trinajstić information content (AvgIpc) is 3.38. The topological polar surface area (TPSA) is 95.1 Å². The van der Waals surface area contributed by atoms with E-state index >= 15 is 0 Å². The van der Waals surface area contributed by atoms with Crippen molar-refractivity contribution in [2.24, 2.45) is 0 Å². The standard InChI is InChI=1S/C20H14N6O/c21-19-2-1-14(9-23-19)16-8-20-24-11-18(26(20)25-10-16)13-3-5-22-17(7-13)15-4-6-27-12-15/h1-12H,(H2,21,23). The lowest BCUT2D eigenvalue weighted by atomic mass is 10.1. The van der Waals surface area contributed by atoms with Gasteiger partial charge >= 0.3 is 0 Å². The molecule has 0 amide bonds.